The van der Waals surface area contributed by atoms with Crippen LogP contribution in [0.3, 0.4) is 0 Å². The monoisotopic (exact) mass is 269 g/mol. The van der Waals surface area contributed by atoms with Gasteiger partial charge in [0.1, 0.15) is 11.2 Å². The van der Waals surface area contributed by atoms with Gasteiger partial charge in [0, 0.05) is 0 Å². The Morgan fingerprint density at radius 1 is 1.33 bits per heavy atom. The molecule has 6 heteroatoms. The molecule has 0 fully saturated rings. The number of hydrogen-bond acceptors (Lipinski definition) is 4. The Bertz CT molecular complexity index is 530. The topological polar surface area (TPSA) is 51.0 Å². The Balaban J connectivity index is 2.08. The van der Waals surface area contributed by atoms with Crippen LogP contribution in [0.15, 0.2) is 28.7 Å². The average Bonchev–Trinajstić information content (AvgIpc) is 2.77. The molecule has 0 amide bonds. The zero-order valence-corrected chi connectivity index (χ0v) is 10.8. The van der Waals surface area contributed by atoms with Gasteiger partial charge in [0.25, 0.3) is 0 Å². The Labute approximate surface area is 109 Å². The Hall–Kier alpha value is -1.62. The van der Waals surface area contributed by atoms with Gasteiger partial charge in [-0.3, -0.25) is 0 Å². The van der Waals surface area contributed by atoms with Gasteiger partial charge >= 0.3 is 6.01 Å². The summed E-state index contributed by atoms with van der Waals surface area (Å²) >= 11 is 5.82. The van der Waals surface area contributed by atoms with Gasteiger partial charge in [-0.25, -0.2) is 4.39 Å². The molecule has 2 rings (SSSR count). The lowest BCUT2D eigenvalue weighted by Crippen LogP contribution is -2.07. The maximum Gasteiger partial charge on any atom is 0.315 e. The van der Waals surface area contributed by atoms with Gasteiger partial charge < -0.3 is 9.73 Å². The second-order valence-electron chi connectivity index (χ2n) is 3.98. The molecule has 0 saturated carbocycles. The first-order valence-electron chi connectivity index (χ1n) is 5.55. The SMILES string of the molecule is CC(Cl)c1nnc(NC(C)c2cccc(F)c2)o1. The molecule has 1 heterocycles. The summed E-state index contributed by atoms with van der Waals surface area (Å²) in [6.45, 7) is 3.62. The Morgan fingerprint density at radius 2 is 2.11 bits per heavy atom. The summed E-state index contributed by atoms with van der Waals surface area (Å²) in [5, 5.41) is 10.3. The van der Waals surface area contributed by atoms with Crippen LogP contribution in [0, 0.1) is 5.82 Å². The fourth-order valence-corrected chi connectivity index (χ4v) is 1.59. The van der Waals surface area contributed by atoms with E-state index < -0.39 is 0 Å². The predicted molar refractivity (Wildman–Crippen MR) is 67.0 cm³/mol. The van der Waals surface area contributed by atoms with E-state index >= 15 is 0 Å². The van der Waals surface area contributed by atoms with Crippen molar-refractivity contribution in [3.8, 4) is 0 Å². The van der Waals surface area contributed by atoms with Gasteiger partial charge in [0.05, 0.1) is 6.04 Å². The number of alkyl halides is 1. The van der Waals surface area contributed by atoms with Crippen molar-refractivity contribution >= 4 is 17.6 Å². The maximum atomic E-state index is 13.1. The quantitative estimate of drug-likeness (QED) is 0.860. The summed E-state index contributed by atoms with van der Waals surface area (Å²) in [7, 11) is 0. The predicted octanol–water partition coefficient (Wildman–Crippen LogP) is 3.68. The zero-order chi connectivity index (χ0) is 13.1. The van der Waals surface area contributed by atoms with Crippen molar-refractivity contribution in [3.05, 3.63) is 41.5 Å². The molecule has 0 bridgehead atoms. The summed E-state index contributed by atoms with van der Waals surface area (Å²) in [5.41, 5.74) is 0.800. The van der Waals surface area contributed by atoms with Gasteiger partial charge in [-0.2, -0.15) is 0 Å². The first kappa shape index (κ1) is 12.8. The van der Waals surface area contributed by atoms with Gasteiger partial charge in [0.15, 0.2) is 0 Å². The Morgan fingerprint density at radius 3 is 2.72 bits per heavy atom. The normalized spacial score (nSPS) is 14.2. The summed E-state index contributed by atoms with van der Waals surface area (Å²) in [6, 6.07) is 6.47. The third-order valence-corrected chi connectivity index (χ3v) is 2.66. The van der Waals surface area contributed by atoms with Crippen molar-refractivity contribution < 1.29 is 8.81 Å². The average molecular weight is 270 g/mol. The van der Waals surface area contributed by atoms with E-state index in [2.05, 4.69) is 15.5 Å². The number of aromatic nitrogens is 2. The molecule has 2 aromatic rings. The van der Waals surface area contributed by atoms with Crippen LogP contribution in [0.25, 0.3) is 0 Å². The second-order valence-corrected chi connectivity index (χ2v) is 4.64. The van der Waals surface area contributed by atoms with Gasteiger partial charge in [0.2, 0.25) is 5.89 Å². The van der Waals surface area contributed by atoms with Crippen LogP contribution in [0.5, 0.6) is 0 Å². The van der Waals surface area contributed by atoms with Gasteiger partial charge in [-0.05, 0) is 31.5 Å². The fraction of sp³-hybridized carbons (Fsp3) is 0.333. The van der Waals surface area contributed by atoms with Crippen LogP contribution in [0.4, 0.5) is 10.4 Å². The van der Waals surface area contributed by atoms with E-state index in [0.29, 0.717) is 5.89 Å². The van der Waals surface area contributed by atoms with E-state index in [9.17, 15) is 4.39 Å². The molecule has 0 spiro atoms. The molecular weight excluding hydrogens is 257 g/mol. The molecule has 0 aliphatic heterocycles. The highest BCUT2D eigenvalue weighted by atomic mass is 35.5. The first-order valence-corrected chi connectivity index (χ1v) is 5.99. The molecule has 1 aromatic carbocycles. The van der Waals surface area contributed by atoms with Crippen molar-refractivity contribution in [3.63, 3.8) is 0 Å². The summed E-state index contributed by atoms with van der Waals surface area (Å²) in [4.78, 5) is 0. The lowest BCUT2D eigenvalue weighted by Gasteiger charge is -2.11. The minimum absolute atomic E-state index is 0.139. The largest absolute Gasteiger partial charge is 0.406 e. The van der Waals surface area contributed by atoms with E-state index in [4.69, 9.17) is 16.0 Å². The maximum absolute atomic E-state index is 13.1. The molecule has 4 nitrogen and oxygen atoms in total. The van der Waals surface area contributed by atoms with E-state index in [1.54, 1.807) is 13.0 Å². The van der Waals surface area contributed by atoms with Crippen molar-refractivity contribution in [1.29, 1.82) is 0 Å². The minimum Gasteiger partial charge on any atom is -0.406 e. The molecule has 2 atom stereocenters. The van der Waals surface area contributed by atoms with Gasteiger partial charge in [-0.15, -0.1) is 16.7 Å². The molecule has 18 heavy (non-hydrogen) atoms. The highest BCUT2D eigenvalue weighted by molar-refractivity contribution is 6.20. The standard InChI is InChI=1S/C12H13ClFN3O/c1-7(13)11-16-17-12(18-11)15-8(2)9-4-3-5-10(14)6-9/h3-8H,1-2H3,(H,15,17). The zero-order valence-electron chi connectivity index (χ0n) is 10.0. The molecule has 0 aliphatic carbocycles. The van der Waals surface area contributed by atoms with E-state index in [-0.39, 0.29) is 23.3 Å². The van der Waals surface area contributed by atoms with E-state index in [1.807, 2.05) is 13.0 Å². The fourth-order valence-electron chi connectivity index (χ4n) is 1.50. The molecule has 1 aromatic heterocycles. The van der Waals surface area contributed by atoms with Crippen LogP contribution in [-0.2, 0) is 0 Å². The van der Waals surface area contributed by atoms with Crippen molar-refractivity contribution in [2.45, 2.75) is 25.3 Å². The molecule has 0 radical (unpaired) electrons. The van der Waals surface area contributed by atoms with Crippen molar-refractivity contribution in [1.82, 2.24) is 10.2 Å². The number of nitrogens with zero attached hydrogens (tertiary/aromatic N) is 2. The number of rotatable bonds is 4. The first-order chi connectivity index (χ1) is 8.56. The lowest BCUT2D eigenvalue weighted by molar-refractivity contribution is 0.501. The van der Waals surface area contributed by atoms with Crippen molar-refractivity contribution in [2.24, 2.45) is 0 Å². The van der Waals surface area contributed by atoms with E-state index in [0.717, 1.165) is 5.56 Å². The van der Waals surface area contributed by atoms with Crippen LogP contribution in [0.1, 0.15) is 36.7 Å². The number of anilines is 1. The minimum atomic E-state index is -0.336. The number of benzene rings is 1. The molecule has 1 N–H and O–H groups in total. The number of halogens is 2. The Kier molecular flexibility index (Phi) is 3.81. The molecule has 0 saturated heterocycles. The third kappa shape index (κ3) is 2.98. The number of hydrogen-bond donors (Lipinski definition) is 1. The van der Waals surface area contributed by atoms with Crippen LogP contribution >= 0.6 is 11.6 Å². The van der Waals surface area contributed by atoms with Crippen LogP contribution in [-0.4, -0.2) is 10.2 Å². The summed E-state index contributed by atoms with van der Waals surface area (Å²) in [6.07, 6.45) is 0. The molecule has 0 aliphatic rings. The molecule has 2 unspecified atom stereocenters. The third-order valence-electron chi connectivity index (χ3n) is 2.47. The lowest BCUT2D eigenvalue weighted by atomic mass is 10.1. The number of nitrogens with one attached hydrogen (secondary N) is 1. The van der Waals surface area contributed by atoms with E-state index in [1.165, 1.54) is 12.1 Å². The van der Waals surface area contributed by atoms with Gasteiger partial charge in [-0.1, -0.05) is 17.2 Å². The van der Waals surface area contributed by atoms with Crippen LogP contribution < -0.4 is 5.32 Å². The highest BCUT2D eigenvalue weighted by Gasteiger charge is 2.13. The highest BCUT2D eigenvalue weighted by Crippen LogP contribution is 2.22. The summed E-state index contributed by atoms with van der Waals surface area (Å²) < 4.78 is 18.4. The van der Waals surface area contributed by atoms with Crippen molar-refractivity contribution in [2.75, 3.05) is 5.32 Å². The molecular formula is C12H13ClFN3O. The smallest absolute Gasteiger partial charge is 0.315 e. The molecule has 96 valence electrons. The van der Waals surface area contributed by atoms with Crippen LogP contribution in [0.2, 0.25) is 0 Å². The summed E-state index contributed by atoms with van der Waals surface area (Å²) in [5.74, 6) is 0.0763. The second kappa shape index (κ2) is 5.35.